The number of carbonyl (C=O) groups excluding carboxylic acids is 3. The quantitative estimate of drug-likeness (QED) is 0.0461. The second-order valence-electron chi connectivity index (χ2n) is 11.4. The maximum Gasteiger partial charge on any atom is 0.285 e. The van der Waals surface area contributed by atoms with Crippen LogP contribution in [0.25, 0.3) is 6.08 Å². The van der Waals surface area contributed by atoms with E-state index in [0.717, 1.165) is 22.9 Å². The third-order valence-corrected chi connectivity index (χ3v) is 8.89. The number of methoxy groups -OCH3 is 1. The van der Waals surface area contributed by atoms with Gasteiger partial charge in [0.2, 0.25) is 5.91 Å². The fourth-order valence-corrected chi connectivity index (χ4v) is 6.14. The molecule has 0 aromatic heterocycles. The second kappa shape index (κ2) is 18.1. The number of hydrogen-bond donors (Lipinski definition) is 1. The van der Waals surface area contributed by atoms with Crippen molar-refractivity contribution >= 4 is 46.4 Å². The number of non-ortho nitro benzene ring substituents is 1. The number of nitrogens with zero attached hydrogens (tertiary/aromatic N) is 3. The summed E-state index contributed by atoms with van der Waals surface area (Å²) < 4.78 is 11.4. The number of amides is 3. The minimum Gasteiger partial charge on any atom is -0.493 e. The molecule has 5 rings (SSSR count). The van der Waals surface area contributed by atoms with E-state index in [4.69, 9.17) is 9.47 Å². The molecule has 12 heteroatoms. The van der Waals surface area contributed by atoms with Crippen molar-refractivity contribution in [2.45, 2.75) is 19.6 Å². The summed E-state index contributed by atoms with van der Waals surface area (Å²) >= 11 is 0.977. The summed E-state index contributed by atoms with van der Waals surface area (Å²) in [6.45, 7) is 5.58. The number of nitrogens with one attached hydrogen (secondary N) is 1. The normalized spacial score (nSPS) is 14.0. The monoisotopic (exact) mass is 728 g/mol. The van der Waals surface area contributed by atoms with Crippen molar-refractivity contribution < 1.29 is 28.8 Å². The lowest BCUT2D eigenvalue weighted by Gasteiger charge is -2.28. The van der Waals surface area contributed by atoms with E-state index in [1.165, 1.54) is 30.2 Å². The number of hydrogen-bond acceptors (Lipinski definition) is 8. The summed E-state index contributed by atoms with van der Waals surface area (Å²) in [5.41, 5.74) is 3.20. The van der Waals surface area contributed by atoms with Gasteiger partial charge < -0.3 is 14.8 Å². The molecule has 0 radical (unpaired) electrons. The first-order valence-corrected chi connectivity index (χ1v) is 17.4. The minimum absolute atomic E-state index is 0.0243. The summed E-state index contributed by atoms with van der Waals surface area (Å²) in [5.74, 6) is -1.10. The van der Waals surface area contributed by atoms with Crippen molar-refractivity contribution in [3.05, 3.63) is 178 Å². The first-order chi connectivity index (χ1) is 25.7. The molecule has 53 heavy (non-hydrogen) atoms. The molecule has 4 aromatic rings. The van der Waals surface area contributed by atoms with Crippen LogP contribution in [0.2, 0.25) is 0 Å². The number of nitro benzene ring substituents is 1. The number of allylic oxidation sites excluding steroid dienone is 4. The van der Waals surface area contributed by atoms with E-state index in [1.54, 1.807) is 61.6 Å². The van der Waals surface area contributed by atoms with Gasteiger partial charge in [0, 0.05) is 17.8 Å². The largest absolute Gasteiger partial charge is 0.493 e. The molecule has 11 nitrogen and oxygen atoms in total. The highest BCUT2D eigenvalue weighted by molar-refractivity contribution is 8.14. The Morgan fingerprint density at radius 3 is 2.23 bits per heavy atom. The first-order valence-electron chi connectivity index (χ1n) is 16.4. The number of nitro groups is 1. The number of carbonyl (C=O) groups is 3. The maximum absolute atomic E-state index is 14.1. The van der Waals surface area contributed by atoms with Crippen LogP contribution in [-0.2, 0) is 21.0 Å². The first kappa shape index (κ1) is 37.7. The Morgan fingerprint density at radius 2 is 1.64 bits per heavy atom. The molecule has 268 valence electrons. The van der Waals surface area contributed by atoms with Crippen LogP contribution < -0.4 is 14.8 Å². The van der Waals surface area contributed by atoms with Crippen molar-refractivity contribution in [1.82, 2.24) is 10.2 Å². The molecule has 0 aliphatic carbocycles. The average Bonchev–Trinajstić information content (AvgIpc) is 3.18. The predicted molar refractivity (Wildman–Crippen MR) is 206 cm³/mol. The van der Waals surface area contributed by atoms with E-state index < -0.39 is 22.8 Å². The highest BCUT2D eigenvalue weighted by Gasteiger charge is 2.35. The van der Waals surface area contributed by atoms with E-state index in [2.05, 4.69) is 16.9 Å². The number of rotatable bonds is 14. The van der Waals surface area contributed by atoms with Gasteiger partial charge in [-0.25, -0.2) is 0 Å². The Balaban J connectivity index is 1.37. The third-order valence-electron chi connectivity index (χ3n) is 7.95. The van der Waals surface area contributed by atoms with Gasteiger partial charge in [-0.05, 0) is 65.6 Å². The second-order valence-corrected chi connectivity index (χ2v) is 12.4. The van der Waals surface area contributed by atoms with E-state index in [-0.39, 0.29) is 34.7 Å². The Kier molecular flexibility index (Phi) is 12.9. The molecule has 1 aliphatic heterocycles. The van der Waals surface area contributed by atoms with Crippen LogP contribution in [0.3, 0.4) is 0 Å². The molecule has 0 bridgehead atoms. The fraction of sp³-hybridized carbons (Fsp3) is 0.122. The lowest BCUT2D eigenvalue weighted by atomic mass is 9.99. The number of thioether (sulfide) groups is 1. The van der Waals surface area contributed by atoms with E-state index in [1.807, 2.05) is 60.7 Å². The molecule has 3 amide bonds. The van der Waals surface area contributed by atoms with Crippen LogP contribution in [0.1, 0.15) is 35.2 Å². The fourth-order valence-electron chi connectivity index (χ4n) is 5.33. The SMILES string of the molecule is C=C/C=C\C(=C/C)N1C(=O)/C(=C/c2ccc(OCc3ccc([N+](=O)[O-])cc3)c(OC)c2)C(=O)N=C1SCC(=O)NC(c1ccccc1)c1ccccc1. The highest BCUT2D eigenvalue weighted by atomic mass is 32.2. The Bertz CT molecular complexity index is 2070. The van der Waals surface area contributed by atoms with E-state index in [0.29, 0.717) is 28.3 Å². The van der Waals surface area contributed by atoms with Crippen LogP contribution in [0.4, 0.5) is 5.69 Å². The zero-order chi connectivity index (χ0) is 37.7. The van der Waals surface area contributed by atoms with Crippen molar-refractivity contribution in [2.24, 2.45) is 4.99 Å². The molecule has 1 N–H and O–H groups in total. The number of ether oxygens (including phenoxy) is 2. The van der Waals surface area contributed by atoms with Crippen molar-refractivity contribution in [1.29, 1.82) is 0 Å². The summed E-state index contributed by atoms with van der Waals surface area (Å²) in [6, 6.07) is 29.7. The molecular weight excluding hydrogens is 693 g/mol. The lowest BCUT2D eigenvalue weighted by molar-refractivity contribution is -0.384. The van der Waals surface area contributed by atoms with Crippen LogP contribution in [0, 0.1) is 10.1 Å². The molecule has 0 fully saturated rings. The summed E-state index contributed by atoms with van der Waals surface area (Å²) in [4.78, 5) is 57.0. The van der Waals surface area contributed by atoms with Crippen molar-refractivity contribution in [2.75, 3.05) is 12.9 Å². The van der Waals surface area contributed by atoms with Crippen LogP contribution in [-0.4, -0.2) is 45.6 Å². The van der Waals surface area contributed by atoms with Gasteiger partial charge in [-0.2, -0.15) is 4.99 Å². The van der Waals surface area contributed by atoms with Gasteiger partial charge in [-0.1, -0.05) is 103 Å². The average molecular weight is 729 g/mol. The third kappa shape index (κ3) is 9.63. The van der Waals surface area contributed by atoms with E-state index in [9.17, 15) is 24.5 Å². The molecule has 1 heterocycles. The molecule has 0 spiro atoms. The topological polar surface area (TPSA) is 140 Å². The smallest absolute Gasteiger partial charge is 0.285 e. The molecule has 0 unspecified atom stereocenters. The molecule has 4 aromatic carbocycles. The Labute approximate surface area is 311 Å². The minimum atomic E-state index is -0.763. The summed E-state index contributed by atoms with van der Waals surface area (Å²) in [5, 5.41) is 14.1. The van der Waals surface area contributed by atoms with Crippen molar-refractivity contribution in [3.63, 3.8) is 0 Å². The van der Waals surface area contributed by atoms with Gasteiger partial charge in [0.25, 0.3) is 17.5 Å². The predicted octanol–water partition coefficient (Wildman–Crippen LogP) is 7.58. The summed E-state index contributed by atoms with van der Waals surface area (Å²) in [6.07, 6.45) is 7.99. The Hall–Kier alpha value is -6.53. The maximum atomic E-state index is 14.1. The van der Waals surface area contributed by atoms with Gasteiger partial charge in [-0.3, -0.25) is 29.4 Å². The number of benzene rings is 4. The molecule has 1 aliphatic rings. The summed E-state index contributed by atoms with van der Waals surface area (Å²) in [7, 11) is 1.46. The van der Waals surface area contributed by atoms with Crippen LogP contribution >= 0.6 is 11.8 Å². The molecular formula is C41H36N4O7S. The van der Waals surface area contributed by atoms with E-state index >= 15 is 0 Å². The lowest BCUT2D eigenvalue weighted by Crippen LogP contribution is -2.42. The van der Waals surface area contributed by atoms with Crippen molar-refractivity contribution in [3.8, 4) is 11.5 Å². The Morgan fingerprint density at radius 1 is 0.981 bits per heavy atom. The number of aliphatic imine (C=N–C) groups is 1. The zero-order valence-corrected chi connectivity index (χ0v) is 29.8. The number of amidine groups is 1. The van der Waals surface area contributed by atoms with Crippen LogP contribution in [0.5, 0.6) is 11.5 Å². The standard InChI is InChI=1S/C41H36N4O7S/c1-4-6-17-32(5-2)44-40(48)34(24-29-20-23-35(36(25-29)51-3)52-26-28-18-21-33(22-19-28)45(49)50)39(47)43-41(44)53-27-37(46)42-38(30-13-9-7-10-14-30)31-15-11-8-12-16-31/h4-25,38H,1,26-27H2,2-3H3,(H,42,46)/b17-6-,32-5+,34-24+. The zero-order valence-electron chi connectivity index (χ0n) is 29.0. The van der Waals surface area contributed by atoms with Crippen LogP contribution in [0.15, 0.2) is 150 Å². The molecule has 0 saturated carbocycles. The molecule has 0 saturated heterocycles. The van der Waals surface area contributed by atoms with Gasteiger partial charge in [0.05, 0.1) is 23.8 Å². The highest BCUT2D eigenvalue weighted by Crippen LogP contribution is 2.32. The van der Waals surface area contributed by atoms with Gasteiger partial charge in [0.1, 0.15) is 12.2 Å². The van der Waals surface area contributed by atoms with Gasteiger partial charge in [-0.15, -0.1) is 0 Å². The molecule has 0 atom stereocenters. The van der Waals surface area contributed by atoms with Gasteiger partial charge >= 0.3 is 0 Å². The van der Waals surface area contributed by atoms with Gasteiger partial charge in [0.15, 0.2) is 16.7 Å².